The van der Waals surface area contributed by atoms with Gasteiger partial charge >= 0.3 is 0 Å². The molecule has 0 aliphatic carbocycles. The molecule has 1 heterocycles. The van der Waals surface area contributed by atoms with Gasteiger partial charge < -0.3 is 20.1 Å². The first-order valence-corrected chi connectivity index (χ1v) is 9.32. The lowest BCUT2D eigenvalue weighted by Crippen LogP contribution is -2.33. The first-order valence-electron chi connectivity index (χ1n) is 9.32. The highest BCUT2D eigenvalue weighted by molar-refractivity contribution is 5.50. The zero-order valence-electron chi connectivity index (χ0n) is 15.4. The van der Waals surface area contributed by atoms with Crippen molar-refractivity contribution in [3.63, 3.8) is 0 Å². The van der Waals surface area contributed by atoms with Gasteiger partial charge in [-0.2, -0.15) is 5.26 Å². The molecule has 1 fully saturated rings. The Morgan fingerprint density at radius 2 is 1.85 bits per heavy atom. The summed E-state index contributed by atoms with van der Waals surface area (Å²) in [4.78, 5) is 0. The topological polar surface area (TPSA) is 93.7 Å². The fraction of sp³-hybridized carbons (Fsp3) is 0.409. The first kappa shape index (κ1) is 19.4. The van der Waals surface area contributed by atoms with Gasteiger partial charge in [0.2, 0.25) is 0 Å². The smallest absolute Gasteiger partial charge is 0.122 e. The molecule has 0 spiro atoms. The lowest BCUT2D eigenvalue weighted by atomic mass is 9.91. The van der Waals surface area contributed by atoms with Gasteiger partial charge in [0.15, 0.2) is 0 Å². The maximum Gasteiger partial charge on any atom is 0.122 e. The summed E-state index contributed by atoms with van der Waals surface area (Å²) >= 11 is 0. The third-order valence-electron chi connectivity index (χ3n) is 5.13. The quantitative estimate of drug-likeness (QED) is 0.755. The maximum absolute atomic E-state index is 10.4. The van der Waals surface area contributed by atoms with E-state index in [0.29, 0.717) is 30.4 Å². The molecule has 3 atom stereocenters. The molecule has 1 aliphatic heterocycles. The van der Waals surface area contributed by atoms with Crippen LogP contribution in [0.25, 0.3) is 0 Å². The normalized spacial score (nSPS) is 22.4. The Labute approximate surface area is 159 Å². The number of aliphatic hydroxyl groups excluding tert-OH is 2. The molecule has 0 radical (unpaired) electrons. The minimum Gasteiger partial charge on any atom is -0.508 e. The Morgan fingerprint density at radius 1 is 1.15 bits per heavy atom. The average Bonchev–Trinajstić information content (AvgIpc) is 2.69. The molecule has 5 heteroatoms. The Kier molecular flexibility index (Phi) is 6.12. The number of hydrogen-bond donors (Lipinski definition) is 3. The molecule has 0 saturated carbocycles. The second-order valence-electron chi connectivity index (χ2n) is 7.08. The maximum atomic E-state index is 10.4. The summed E-state index contributed by atoms with van der Waals surface area (Å²) in [5, 5.41) is 39.3. The zero-order valence-corrected chi connectivity index (χ0v) is 15.4. The van der Waals surface area contributed by atoms with Crippen molar-refractivity contribution >= 4 is 0 Å². The molecule has 0 amide bonds. The lowest BCUT2D eigenvalue weighted by Gasteiger charge is -2.33. The van der Waals surface area contributed by atoms with E-state index in [4.69, 9.17) is 4.74 Å². The van der Waals surface area contributed by atoms with Crippen LogP contribution in [-0.4, -0.2) is 34.1 Å². The third kappa shape index (κ3) is 4.48. The molecule has 0 bridgehead atoms. The van der Waals surface area contributed by atoms with Crippen molar-refractivity contribution in [2.75, 3.05) is 6.61 Å². The number of aliphatic hydroxyl groups is 2. The van der Waals surface area contributed by atoms with Crippen LogP contribution in [0.2, 0.25) is 0 Å². The van der Waals surface area contributed by atoms with E-state index in [1.165, 1.54) is 11.6 Å². The van der Waals surface area contributed by atoms with E-state index in [-0.39, 0.29) is 12.4 Å². The first-order chi connectivity index (χ1) is 13.0. The van der Waals surface area contributed by atoms with Crippen molar-refractivity contribution in [1.29, 1.82) is 5.26 Å². The van der Waals surface area contributed by atoms with Crippen LogP contribution in [0.1, 0.15) is 53.7 Å². The van der Waals surface area contributed by atoms with Gasteiger partial charge in [0.25, 0.3) is 0 Å². The summed E-state index contributed by atoms with van der Waals surface area (Å²) in [6.07, 6.45) is 0.695. The van der Waals surface area contributed by atoms with Crippen LogP contribution in [0.3, 0.4) is 0 Å². The number of aryl methyl sites for hydroxylation is 1. The fourth-order valence-electron chi connectivity index (χ4n) is 3.58. The van der Waals surface area contributed by atoms with Crippen LogP contribution in [0, 0.1) is 11.3 Å². The number of phenolic OH excluding ortho intramolecular Hbond substituents is 1. The van der Waals surface area contributed by atoms with E-state index >= 15 is 0 Å². The van der Waals surface area contributed by atoms with Crippen molar-refractivity contribution in [2.45, 2.75) is 50.9 Å². The second-order valence-corrected chi connectivity index (χ2v) is 7.08. The standard InChI is InChI=1S/C22H25NO4/c1-2-14-3-5-15(6-4-14)7-16-8-20(21(26)9-17(16)12-23)22-11-18(25)10-19(13-24)27-22/h3-6,8-9,18-19,22,24-26H,2,7,10-11,13H2,1H3. The molecule has 27 heavy (non-hydrogen) atoms. The van der Waals surface area contributed by atoms with Gasteiger partial charge in [-0.25, -0.2) is 0 Å². The molecule has 3 N–H and O–H groups in total. The molecular weight excluding hydrogens is 342 g/mol. The average molecular weight is 367 g/mol. The molecule has 3 unspecified atom stereocenters. The number of rotatable bonds is 5. The number of nitriles is 1. The van der Waals surface area contributed by atoms with E-state index < -0.39 is 18.3 Å². The summed E-state index contributed by atoms with van der Waals surface area (Å²) in [7, 11) is 0. The van der Waals surface area contributed by atoms with Gasteiger partial charge in [-0.3, -0.25) is 0 Å². The summed E-state index contributed by atoms with van der Waals surface area (Å²) < 4.78 is 5.83. The number of hydrogen-bond acceptors (Lipinski definition) is 5. The van der Waals surface area contributed by atoms with Crippen LogP contribution in [0.4, 0.5) is 0 Å². The van der Waals surface area contributed by atoms with E-state index in [1.807, 2.05) is 0 Å². The summed E-state index contributed by atoms with van der Waals surface area (Å²) in [5.74, 6) is -0.0209. The van der Waals surface area contributed by atoms with Crippen molar-refractivity contribution < 1.29 is 20.1 Å². The van der Waals surface area contributed by atoms with Gasteiger partial charge in [-0.1, -0.05) is 31.2 Å². The number of aromatic hydroxyl groups is 1. The lowest BCUT2D eigenvalue weighted by molar-refractivity contribution is -0.114. The van der Waals surface area contributed by atoms with Gasteiger partial charge in [-0.15, -0.1) is 0 Å². The number of benzene rings is 2. The van der Waals surface area contributed by atoms with Gasteiger partial charge in [-0.05, 0) is 41.7 Å². The summed E-state index contributed by atoms with van der Waals surface area (Å²) in [6.45, 7) is 1.93. The summed E-state index contributed by atoms with van der Waals surface area (Å²) in [6, 6.07) is 13.7. The Hall–Kier alpha value is -2.39. The molecule has 0 aromatic heterocycles. The highest BCUT2D eigenvalue weighted by atomic mass is 16.5. The third-order valence-corrected chi connectivity index (χ3v) is 5.13. The minimum atomic E-state index is -0.596. The molecule has 3 rings (SSSR count). The van der Waals surface area contributed by atoms with Crippen molar-refractivity contribution in [3.8, 4) is 11.8 Å². The predicted molar refractivity (Wildman–Crippen MR) is 101 cm³/mol. The second kappa shape index (κ2) is 8.53. The van der Waals surface area contributed by atoms with E-state index in [0.717, 1.165) is 17.5 Å². The number of ether oxygens (including phenoxy) is 1. The Bertz CT molecular complexity index is 825. The molecular formula is C22H25NO4. The van der Waals surface area contributed by atoms with Gasteiger partial charge in [0.05, 0.1) is 36.6 Å². The molecule has 5 nitrogen and oxygen atoms in total. The fourth-order valence-corrected chi connectivity index (χ4v) is 3.58. The Morgan fingerprint density at radius 3 is 2.48 bits per heavy atom. The molecule has 1 saturated heterocycles. The largest absolute Gasteiger partial charge is 0.508 e. The van der Waals surface area contributed by atoms with Crippen LogP contribution in [0.15, 0.2) is 36.4 Å². The van der Waals surface area contributed by atoms with Gasteiger partial charge in [0.1, 0.15) is 5.75 Å². The highest BCUT2D eigenvalue weighted by Crippen LogP contribution is 2.37. The van der Waals surface area contributed by atoms with E-state index in [1.54, 1.807) is 6.07 Å². The van der Waals surface area contributed by atoms with Crippen LogP contribution < -0.4 is 0 Å². The summed E-state index contributed by atoms with van der Waals surface area (Å²) in [5.41, 5.74) is 4.11. The van der Waals surface area contributed by atoms with Crippen LogP contribution >= 0.6 is 0 Å². The number of phenols is 1. The molecule has 2 aromatic carbocycles. The van der Waals surface area contributed by atoms with E-state index in [9.17, 15) is 20.6 Å². The zero-order chi connectivity index (χ0) is 19.4. The SMILES string of the molecule is CCc1ccc(Cc2cc(C3CC(O)CC(CO)O3)c(O)cc2C#N)cc1. The van der Waals surface area contributed by atoms with Crippen molar-refractivity contribution in [1.82, 2.24) is 0 Å². The van der Waals surface area contributed by atoms with Crippen LogP contribution in [-0.2, 0) is 17.6 Å². The van der Waals surface area contributed by atoms with Crippen molar-refractivity contribution in [3.05, 3.63) is 64.2 Å². The Balaban J connectivity index is 1.91. The van der Waals surface area contributed by atoms with E-state index in [2.05, 4.69) is 37.3 Å². The highest BCUT2D eigenvalue weighted by Gasteiger charge is 2.31. The number of nitrogens with zero attached hydrogens (tertiary/aromatic N) is 1. The van der Waals surface area contributed by atoms with Gasteiger partial charge in [0, 0.05) is 18.4 Å². The molecule has 142 valence electrons. The van der Waals surface area contributed by atoms with Crippen molar-refractivity contribution in [2.24, 2.45) is 0 Å². The monoisotopic (exact) mass is 367 g/mol. The molecule has 2 aromatic rings. The van der Waals surface area contributed by atoms with Crippen LogP contribution in [0.5, 0.6) is 5.75 Å². The minimum absolute atomic E-state index is 0.0209. The predicted octanol–water partition coefficient (Wildman–Crippen LogP) is 2.99. The molecule has 1 aliphatic rings.